The zero-order valence-electron chi connectivity index (χ0n) is 24.2. The molecule has 0 aromatic heterocycles. The van der Waals surface area contributed by atoms with E-state index in [1.165, 1.54) is 43.3 Å². The molecule has 4 rings (SSSR count). The van der Waals surface area contributed by atoms with Crippen molar-refractivity contribution in [1.29, 1.82) is 0 Å². The Hall–Kier alpha value is -4.70. The summed E-state index contributed by atoms with van der Waals surface area (Å²) in [6.45, 7) is 1.21. The van der Waals surface area contributed by atoms with E-state index in [2.05, 4.69) is 5.32 Å². The van der Waals surface area contributed by atoms with Crippen LogP contribution in [0.25, 0.3) is 0 Å². The normalized spacial score (nSPS) is 11.8. The van der Waals surface area contributed by atoms with Crippen molar-refractivity contribution in [3.63, 3.8) is 0 Å². The molecule has 0 unspecified atom stereocenters. The van der Waals surface area contributed by atoms with E-state index in [0.29, 0.717) is 11.3 Å². The Morgan fingerprint density at radius 2 is 1.53 bits per heavy atom. The van der Waals surface area contributed by atoms with Crippen molar-refractivity contribution in [3.8, 4) is 5.75 Å². The van der Waals surface area contributed by atoms with E-state index in [1.54, 1.807) is 36.4 Å². The molecule has 0 fully saturated rings. The van der Waals surface area contributed by atoms with Crippen molar-refractivity contribution >= 4 is 27.5 Å². The van der Waals surface area contributed by atoms with Gasteiger partial charge < -0.3 is 15.0 Å². The highest BCUT2D eigenvalue weighted by molar-refractivity contribution is 7.92. The highest BCUT2D eigenvalue weighted by atomic mass is 32.2. The van der Waals surface area contributed by atoms with Gasteiger partial charge in [0, 0.05) is 20.0 Å². The van der Waals surface area contributed by atoms with Crippen LogP contribution < -0.4 is 14.4 Å². The first-order valence-electron chi connectivity index (χ1n) is 13.6. The molecule has 10 heteroatoms. The van der Waals surface area contributed by atoms with Gasteiger partial charge in [-0.15, -0.1) is 0 Å². The number of sulfonamides is 1. The largest absolute Gasteiger partial charge is 0.497 e. The van der Waals surface area contributed by atoms with E-state index in [9.17, 15) is 22.4 Å². The summed E-state index contributed by atoms with van der Waals surface area (Å²) < 4.78 is 48.0. The second kappa shape index (κ2) is 14.0. The Balaban J connectivity index is 1.79. The predicted molar refractivity (Wildman–Crippen MR) is 164 cm³/mol. The van der Waals surface area contributed by atoms with E-state index in [1.807, 2.05) is 37.3 Å². The summed E-state index contributed by atoms with van der Waals surface area (Å²) in [6, 6.07) is 26.5. The summed E-state index contributed by atoms with van der Waals surface area (Å²) in [7, 11) is -1.25. The van der Waals surface area contributed by atoms with E-state index in [0.717, 1.165) is 27.6 Å². The monoisotopic (exact) mass is 603 g/mol. The number of benzene rings is 4. The van der Waals surface area contributed by atoms with Gasteiger partial charge in [-0.25, -0.2) is 12.8 Å². The van der Waals surface area contributed by atoms with Crippen molar-refractivity contribution < 1.29 is 27.1 Å². The second-order valence-electron chi connectivity index (χ2n) is 9.99. The molecule has 0 saturated carbocycles. The SMILES string of the molecule is CNC(=O)[C@H](Cc1ccccc1)N(Cc1cccc(OC)c1)C(=O)CN(c1ccc(F)cc1)S(=O)(=O)c1ccc(C)cc1. The van der Waals surface area contributed by atoms with Crippen molar-refractivity contribution in [1.82, 2.24) is 10.2 Å². The Kier molecular flexibility index (Phi) is 10.2. The first kappa shape index (κ1) is 31.2. The quantitative estimate of drug-likeness (QED) is 0.253. The van der Waals surface area contributed by atoms with Gasteiger partial charge in [0.2, 0.25) is 11.8 Å². The summed E-state index contributed by atoms with van der Waals surface area (Å²) in [5.74, 6) is -1.01. The zero-order valence-corrected chi connectivity index (χ0v) is 25.1. The molecule has 0 heterocycles. The Morgan fingerprint density at radius 1 is 0.884 bits per heavy atom. The third-order valence-electron chi connectivity index (χ3n) is 7.01. The standard InChI is InChI=1S/C33H34FN3O5S/c1-24-12-18-30(19-13-24)43(40,41)37(28-16-14-27(34)15-17-28)23-32(38)36(22-26-10-7-11-29(20-26)42-3)31(33(39)35-2)21-25-8-5-4-6-9-25/h4-20,31H,21-23H2,1-3H3,(H,35,39)/t31-/m0/s1. The summed E-state index contributed by atoms with van der Waals surface area (Å²) in [5, 5.41) is 2.65. The topological polar surface area (TPSA) is 96.0 Å². The van der Waals surface area contributed by atoms with Crippen molar-refractivity contribution in [2.75, 3.05) is 25.0 Å². The first-order chi connectivity index (χ1) is 20.6. The number of carbonyl (C=O) groups excluding carboxylic acids is 2. The van der Waals surface area contributed by atoms with Gasteiger partial charge in [-0.3, -0.25) is 13.9 Å². The van der Waals surface area contributed by atoms with Crippen molar-refractivity contribution in [2.24, 2.45) is 0 Å². The maximum Gasteiger partial charge on any atom is 0.264 e. The fraction of sp³-hybridized carbons (Fsp3) is 0.212. The minimum Gasteiger partial charge on any atom is -0.497 e. The Labute approximate surface area is 251 Å². The lowest BCUT2D eigenvalue weighted by molar-refractivity contribution is -0.139. The first-order valence-corrected chi connectivity index (χ1v) is 15.1. The van der Waals surface area contributed by atoms with Gasteiger partial charge in [-0.05, 0) is 66.6 Å². The smallest absolute Gasteiger partial charge is 0.264 e. The molecule has 0 spiro atoms. The molecular formula is C33H34FN3O5S. The van der Waals surface area contributed by atoms with Crippen LogP contribution >= 0.6 is 0 Å². The molecule has 43 heavy (non-hydrogen) atoms. The van der Waals surface area contributed by atoms with Crippen LogP contribution in [0.2, 0.25) is 0 Å². The van der Waals surface area contributed by atoms with Gasteiger partial charge in [-0.1, -0.05) is 60.2 Å². The fourth-order valence-corrected chi connectivity index (χ4v) is 6.08. The molecule has 2 amide bonds. The molecule has 1 atom stereocenters. The number of ether oxygens (including phenoxy) is 1. The number of hydrogen-bond acceptors (Lipinski definition) is 5. The fourth-order valence-electron chi connectivity index (χ4n) is 4.66. The van der Waals surface area contributed by atoms with Crippen LogP contribution in [0.5, 0.6) is 5.75 Å². The average Bonchev–Trinajstić information content (AvgIpc) is 3.02. The molecule has 1 N–H and O–H groups in total. The lowest BCUT2D eigenvalue weighted by Gasteiger charge is -2.33. The molecule has 0 aliphatic heterocycles. The van der Waals surface area contributed by atoms with E-state index >= 15 is 0 Å². The average molecular weight is 604 g/mol. The number of nitrogens with zero attached hydrogens (tertiary/aromatic N) is 2. The van der Waals surface area contributed by atoms with Crippen molar-refractivity contribution in [2.45, 2.75) is 30.8 Å². The number of halogens is 1. The third-order valence-corrected chi connectivity index (χ3v) is 8.80. The molecule has 0 radical (unpaired) electrons. The molecule has 224 valence electrons. The molecule has 0 aliphatic rings. The number of hydrogen-bond donors (Lipinski definition) is 1. The van der Waals surface area contributed by atoms with Crippen LogP contribution in [0.15, 0.2) is 108 Å². The Bertz CT molecular complexity index is 1650. The number of anilines is 1. The number of nitrogens with one attached hydrogen (secondary N) is 1. The number of aryl methyl sites for hydroxylation is 1. The minimum absolute atomic E-state index is 0.00277. The van der Waals surface area contributed by atoms with Gasteiger partial charge in [-0.2, -0.15) is 0 Å². The molecule has 4 aromatic carbocycles. The van der Waals surface area contributed by atoms with Crippen LogP contribution in [0.3, 0.4) is 0 Å². The second-order valence-corrected chi connectivity index (χ2v) is 11.9. The van der Waals surface area contributed by atoms with E-state index < -0.39 is 40.2 Å². The number of rotatable bonds is 12. The number of amides is 2. The van der Waals surface area contributed by atoms with Crippen LogP contribution in [-0.2, 0) is 32.6 Å². The number of methoxy groups -OCH3 is 1. The van der Waals surface area contributed by atoms with Crippen LogP contribution in [0.4, 0.5) is 10.1 Å². The van der Waals surface area contributed by atoms with Crippen LogP contribution in [-0.4, -0.2) is 51.9 Å². The summed E-state index contributed by atoms with van der Waals surface area (Å²) in [6.07, 6.45) is 0.192. The van der Waals surface area contributed by atoms with Gasteiger partial charge in [0.1, 0.15) is 24.2 Å². The van der Waals surface area contributed by atoms with E-state index in [-0.39, 0.29) is 23.5 Å². The molecule has 0 saturated heterocycles. The molecule has 0 bridgehead atoms. The maximum atomic E-state index is 14.3. The van der Waals surface area contributed by atoms with Gasteiger partial charge >= 0.3 is 0 Å². The molecule has 0 aliphatic carbocycles. The third kappa shape index (κ3) is 7.78. The lowest BCUT2D eigenvalue weighted by Crippen LogP contribution is -2.53. The predicted octanol–water partition coefficient (Wildman–Crippen LogP) is 4.72. The molecular weight excluding hydrogens is 569 g/mol. The Morgan fingerprint density at radius 3 is 2.16 bits per heavy atom. The van der Waals surface area contributed by atoms with Gasteiger partial charge in [0.25, 0.3) is 10.0 Å². The summed E-state index contributed by atoms with van der Waals surface area (Å²) in [5.41, 5.74) is 2.48. The van der Waals surface area contributed by atoms with Gasteiger partial charge in [0.05, 0.1) is 17.7 Å². The molecule has 4 aromatic rings. The maximum absolute atomic E-state index is 14.3. The number of carbonyl (C=O) groups is 2. The highest BCUT2D eigenvalue weighted by Gasteiger charge is 2.34. The molecule has 8 nitrogen and oxygen atoms in total. The number of likely N-dealkylation sites (N-methyl/N-ethyl adjacent to an activating group) is 1. The minimum atomic E-state index is -4.26. The zero-order chi connectivity index (χ0) is 31.0. The highest BCUT2D eigenvalue weighted by Crippen LogP contribution is 2.26. The van der Waals surface area contributed by atoms with Crippen molar-refractivity contribution in [3.05, 3.63) is 126 Å². The summed E-state index contributed by atoms with van der Waals surface area (Å²) >= 11 is 0. The van der Waals surface area contributed by atoms with Gasteiger partial charge in [0.15, 0.2) is 0 Å². The lowest BCUT2D eigenvalue weighted by atomic mass is 10.0. The van der Waals surface area contributed by atoms with Crippen LogP contribution in [0.1, 0.15) is 16.7 Å². The summed E-state index contributed by atoms with van der Waals surface area (Å²) in [4.78, 5) is 28.9. The van der Waals surface area contributed by atoms with Crippen LogP contribution in [0, 0.1) is 12.7 Å². The van der Waals surface area contributed by atoms with E-state index in [4.69, 9.17) is 4.74 Å².